The summed E-state index contributed by atoms with van der Waals surface area (Å²) in [6.07, 6.45) is 12.4. The van der Waals surface area contributed by atoms with Gasteiger partial charge in [0.25, 0.3) is 0 Å². The number of fused-ring (bicyclic) bond motifs is 1. The van der Waals surface area contributed by atoms with Crippen molar-refractivity contribution in [1.29, 1.82) is 0 Å². The molecule has 192 valence electrons. The number of hydrogen-bond donors (Lipinski definition) is 0. The lowest BCUT2D eigenvalue weighted by Crippen LogP contribution is -2.40. The average molecular weight is 509 g/mol. The Morgan fingerprint density at radius 2 is 1.53 bits per heavy atom. The van der Waals surface area contributed by atoms with Gasteiger partial charge in [-0.1, -0.05) is 38.5 Å². The number of carbonyl (C=O) groups excluding carboxylic acids is 2. The molecule has 0 saturated heterocycles. The van der Waals surface area contributed by atoms with Gasteiger partial charge < -0.3 is 9.47 Å². The van der Waals surface area contributed by atoms with Crippen LogP contribution in [0.4, 0.5) is 16.2 Å². The molecule has 2 aliphatic carbocycles. The molecule has 2 aromatic carbocycles. The van der Waals surface area contributed by atoms with Crippen molar-refractivity contribution in [2.45, 2.75) is 69.1 Å². The minimum Gasteiger partial charge on any atom is -0.493 e. The van der Waals surface area contributed by atoms with Crippen LogP contribution in [0.15, 0.2) is 47.4 Å². The Morgan fingerprint density at radius 1 is 0.889 bits per heavy atom. The molecule has 2 aromatic rings. The van der Waals surface area contributed by atoms with Gasteiger partial charge in [-0.2, -0.15) is 0 Å². The molecule has 1 heterocycles. The molecule has 1 aliphatic heterocycles. The van der Waals surface area contributed by atoms with E-state index in [1.54, 1.807) is 28.4 Å². The van der Waals surface area contributed by atoms with Crippen molar-refractivity contribution in [1.82, 2.24) is 0 Å². The lowest BCUT2D eigenvalue weighted by atomic mass is 9.90. The molecule has 0 aromatic heterocycles. The molecule has 0 N–H and O–H groups in total. The van der Waals surface area contributed by atoms with Crippen molar-refractivity contribution >= 4 is 35.3 Å². The maximum absolute atomic E-state index is 13.2. The van der Waals surface area contributed by atoms with Crippen LogP contribution in [-0.4, -0.2) is 32.3 Å². The molecule has 36 heavy (non-hydrogen) atoms. The van der Waals surface area contributed by atoms with Crippen molar-refractivity contribution in [2.75, 3.05) is 29.5 Å². The maximum atomic E-state index is 13.2. The van der Waals surface area contributed by atoms with Gasteiger partial charge in [0.15, 0.2) is 0 Å². The zero-order chi connectivity index (χ0) is 24.9. The van der Waals surface area contributed by atoms with E-state index in [1.807, 2.05) is 30.3 Å². The summed E-state index contributed by atoms with van der Waals surface area (Å²) >= 11 is 1.39. The van der Waals surface area contributed by atoms with Crippen LogP contribution in [-0.2, 0) is 4.74 Å². The van der Waals surface area contributed by atoms with Crippen LogP contribution in [0.25, 0.3) is 0 Å². The van der Waals surface area contributed by atoms with Crippen molar-refractivity contribution in [3.63, 3.8) is 0 Å². The first-order valence-corrected chi connectivity index (χ1v) is 14.2. The second-order valence-corrected chi connectivity index (χ2v) is 11.3. The van der Waals surface area contributed by atoms with Crippen molar-refractivity contribution in [3.8, 4) is 5.75 Å². The Hall–Kier alpha value is -2.67. The smallest absolute Gasteiger partial charge is 0.339 e. The largest absolute Gasteiger partial charge is 0.493 e. The molecule has 6 nitrogen and oxygen atoms in total. The fourth-order valence-corrected chi connectivity index (χ4v) is 6.44. The van der Waals surface area contributed by atoms with Crippen LogP contribution in [0.3, 0.4) is 0 Å². The molecular formula is C29H36N2O4S. The Kier molecular flexibility index (Phi) is 8.05. The number of benzene rings is 2. The Balaban J connectivity index is 1.21. The normalized spacial score (nSPS) is 19.2. The van der Waals surface area contributed by atoms with E-state index in [-0.39, 0.29) is 12.0 Å². The van der Waals surface area contributed by atoms with Gasteiger partial charge in [0.2, 0.25) is 0 Å². The summed E-state index contributed by atoms with van der Waals surface area (Å²) in [6.45, 7) is 1.24. The van der Waals surface area contributed by atoms with Crippen LogP contribution in [0.1, 0.15) is 74.6 Å². The summed E-state index contributed by atoms with van der Waals surface area (Å²) in [4.78, 5) is 28.4. The molecule has 0 atom stereocenters. The van der Waals surface area contributed by atoms with Gasteiger partial charge in [-0.15, -0.1) is 0 Å². The average Bonchev–Trinajstić information content (AvgIpc) is 2.94. The summed E-state index contributed by atoms with van der Waals surface area (Å²) in [5.41, 5.74) is 2.09. The first-order chi connectivity index (χ1) is 17.6. The fraction of sp³-hybridized carbons (Fsp3) is 0.517. The Bertz CT molecular complexity index is 1060. The van der Waals surface area contributed by atoms with E-state index in [0.29, 0.717) is 24.0 Å². The molecule has 0 unspecified atom stereocenters. The molecule has 2 amide bonds. The summed E-state index contributed by atoms with van der Waals surface area (Å²) < 4.78 is 13.3. The van der Waals surface area contributed by atoms with Gasteiger partial charge >= 0.3 is 12.0 Å². The minimum atomic E-state index is -0.298. The molecule has 2 fully saturated rings. The number of amides is 2. The quantitative estimate of drug-likeness (QED) is 0.287. The van der Waals surface area contributed by atoms with Crippen LogP contribution in [0.2, 0.25) is 0 Å². The van der Waals surface area contributed by atoms with Crippen molar-refractivity contribution in [2.24, 2.45) is 11.8 Å². The number of anilines is 2. The van der Waals surface area contributed by atoms with E-state index in [1.165, 1.54) is 63.3 Å². The summed E-state index contributed by atoms with van der Waals surface area (Å²) in [6, 6.07) is 12.9. The van der Waals surface area contributed by atoms with E-state index in [4.69, 9.17) is 9.47 Å². The molecule has 0 bridgehead atoms. The number of ether oxygens (including phenoxy) is 2. The van der Waals surface area contributed by atoms with E-state index >= 15 is 0 Å². The minimum absolute atomic E-state index is 0.135. The summed E-state index contributed by atoms with van der Waals surface area (Å²) in [5.74, 6) is 1.63. The number of urea groups is 1. The third kappa shape index (κ3) is 5.83. The van der Waals surface area contributed by atoms with Crippen LogP contribution < -0.4 is 13.9 Å². The maximum Gasteiger partial charge on any atom is 0.339 e. The highest BCUT2D eigenvalue weighted by Crippen LogP contribution is 2.42. The predicted molar refractivity (Wildman–Crippen MR) is 144 cm³/mol. The Morgan fingerprint density at radius 3 is 2.19 bits per heavy atom. The summed E-state index contributed by atoms with van der Waals surface area (Å²) in [5, 5.41) is 0. The third-order valence-electron chi connectivity index (χ3n) is 7.66. The van der Waals surface area contributed by atoms with Gasteiger partial charge in [-0.05, 0) is 85.9 Å². The fourth-order valence-electron chi connectivity index (χ4n) is 5.40. The monoisotopic (exact) mass is 508 g/mol. The zero-order valence-electron chi connectivity index (χ0n) is 21.1. The number of rotatable bonds is 7. The van der Waals surface area contributed by atoms with Gasteiger partial charge in [0, 0.05) is 13.1 Å². The third-order valence-corrected chi connectivity index (χ3v) is 8.76. The topological polar surface area (TPSA) is 59.1 Å². The first kappa shape index (κ1) is 25.0. The number of hydrogen-bond acceptors (Lipinski definition) is 5. The first-order valence-electron chi connectivity index (χ1n) is 13.4. The van der Waals surface area contributed by atoms with Gasteiger partial charge in [0.1, 0.15) is 5.75 Å². The molecule has 0 radical (unpaired) electrons. The second kappa shape index (κ2) is 11.6. The summed E-state index contributed by atoms with van der Waals surface area (Å²) in [7, 11) is 1.79. The molecule has 2 saturated carbocycles. The number of esters is 1. The molecule has 7 heteroatoms. The molecular weight excluding hydrogens is 472 g/mol. The van der Waals surface area contributed by atoms with Gasteiger partial charge in [-0.3, -0.25) is 4.90 Å². The lowest BCUT2D eigenvalue weighted by Gasteiger charge is -2.34. The predicted octanol–water partition coefficient (Wildman–Crippen LogP) is 7.47. The Labute approximate surface area is 218 Å². The standard InChI is InChI=1S/C29H36N2O4S/c1-30-26-18-25(34-19-21-8-4-2-5-9-21)16-17-27(26)36-31(29(30)33)24-14-12-23(13-15-24)28(32)35-20-22-10-6-3-7-11-22/h12-18,21-22H,2-11,19-20H2,1H3. The van der Waals surface area contributed by atoms with E-state index in [9.17, 15) is 9.59 Å². The van der Waals surface area contributed by atoms with Crippen molar-refractivity contribution in [3.05, 3.63) is 48.0 Å². The second-order valence-electron chi connectivity index (χ2n) is 10.3. The zero-order valence-corrected chi connectivity index (χ0v) is 21.9. The van der Waals surface area contributed by atoms with E-state index in [2.05, 4.69) is 0 Å². The van der Waals surface area contributed by atoms with Gasteiger partial charge in [-0.25, -0.2) is 13.9 Å². The van der Waals surface area contributed by atoms with Crippen LogP contribution in [0.5, 0.6) is 5.75 Å². The van der Waals surface area contributed by atoms with E-state index < -0.39 is 0 Å². The van der Waals surface area contributed by atoms with Crippen LogP contribution in [0, 0.1) is 11.8 Å². The lowest BCUT2D eigenvalue weighted by molar-refractivity contribution is 0.0410. The number of carbonyl (C=O) groups is 2. The number of nitrogens with zero attached hydrogens (tertiary/aromatic N) is 2. The molecule has 5 rings (SSSR count). The highest BCUT2D eigenvalue weighted by molar-refractivity contribution is 8.01. The SMILES string of the molecule is CN1C(=O)N(c2ccc(C(=O)OCC3CCCCC3)cc2)Sc2ccc(OCC3CCCCC3)cc21. The molecule has 3 aliphatic rings. The van der Waals surface area contributed by atoms with Crippen LogP contribution >= 0.6 is 11.9 Å². The van der Waals surface area contributed by atoms with Crippen molar-refractivity contribution < 1.29 is 19.1 Å². The highest BCUT2D eigenvalue weighted by atomic mass is 32.2. The van der Waals surface area contributed by atoms with Gasteiger partial charge in [0.05, 0.1) is 35.0 Å². The van der Waals surface area contributed by atoms with E-state index in [0.717, 1.165) is 41.5 Å². The molecule has 0 spiro atoms. The highest BCUT2D eigenvalue weighted by Gasteiger charge is 2.31.